The van der Waals surface area contributed by atoms with Gasteiger partial charge in [0.25, 0.3) is 5.91 Å². The highest BCUT2D eigenvalue weighted by Gasteiger charge is 2.16. The minimum absolute atomic E-state index is 0.184. The van der Waals surface area contributed by atoms with Crippen LogP contribution in [0.3, 0.4) is 0 Å². The van der Waals surface area contributed by atoms with Crippen LogP contribution in [0.25, 0.3) is 16.7 Å². The van der Waals surface area contributed by atoms with Gasteiger partial charge in [-0.15, -0.1) is 0 Å². The van der Waals surface area contributed by atoms with Gasteiger partial charge >= 0.3 is 0 Å². The van der Waals surface area contributed by atoms with E-state index in [2.05, 4.69) is 15.2 Å². The Bertz CT molecular complexity index is 720. The summed E-state index contributed by atoms with van der Waals surface area (Å²) in [5, 5.41) is 7.51. The molecule has 6 nitrogen and oxygen atoms in total. The summed E-state index contributed by atoms with van der Waals surface area (Å²) in [6.45, 7) is 0. The predicted octanol–water partition coefficient (Wildman–Crippen LogP) is 0.914. The van der Waals surface area contributed by atoms with E-state index in [1.54, 1.807) is 23.0 Å². The van der Waals surface area contributed by atoms with E-state index in [9.17, 15) is 4.79 Å². The number of aromatic nitrogens is 4. The number of hydrogen-bond donors (Lipinski definition) is 1. The maximum absolute atomic E-state index is 11.5. The molecular weight excluding hydrogens is 230 g/mol. The molecule has 0 saturated heterocycles. The second-order valence-electron chi connectivity index (χ2n) is 3.72. The van der Waals surface area contributed by atoms with E-state index in [0.29, 0.717) is 11.2 Å². The van der Waals surface area contributed by atoms with Crippen molar-refractivity contribution in [1.82, 2.24) is 19.7 Å². The Labute approximate surface area is 102 Å². The van der Waals surface area contributed by atoms with Crippen molar-refractivity contribution in [3.8, 4) is 5.69 Å². The number of para-hydroxylation sites is 2. The van der Waals surface area contributed by atoms with E-state index in [1.165, 1.54) is 0 Å². The van der Waals surface area contributed by atoms with Crippen LogP contribution in [0.15, 0.2) is 42.7 Å². The zero-order valence-corrected chi connectivity index (χ0v) is 9.32. The third kappa shape index (κ3) is 1.51. The van der Waals surface area contributed by atoms with Gasteiger partial charge in [0.15, 0.2) is 0 Å². The van der Waals surface area contributed by atoms with Gasteiger partial charge in [0.1, 0.15) is 0 Å². The number of benzene rings is 1. The molecule has 3 rings (SSSR count). The lowest BCUT2D eigenvalue weighted by Gasteiger charge is -2.05. The van der Waals surface area contributed by atoms with Crippen molar-refractivity contribution in [1.29, 1.82) is 0 Å². The summed E-state index contributed by atoms with van der Waals surface area (Å²) in [7, 11) is 0. The fraction of sp³-hybridized carbons (Fsp3) is 0. The standard InChI is InChI=1S/C12H9N5O/c13-11(18)12-16-9-3-1-2-4-10(9)17(12)8-5-6-14-15-7-8/h1-7H,(H2,13,18). The number of nitrogens with two attached hydrogens (primary N) is 1. The van der Waals surface area contributed by atoms with E-state index in [-0.39, 0.29) is 5.82 Å². The molecule has 0 bridgehead atoms. The van der Waals surface area contributed by atoms with Crippen molar-refractivity contribution in [3.63, 3.8) is 0 Å². The van der Waals surface area contributed by atoms with Crippen molar-refractivity contribution in [2.24, 2.45) is 5.73 Å². The Morgan fingerprint density at radius 1 is 1.17 bits per heavy atom. The average molecular weight is 239 g/mol. The lowest BCUT2D eigenvalue weighted by Crippen LogP contribution is -2.17. The Balaban J connectivity index is 2.38. The molecule has 0 fully saturated rings. The summed E-state index contributed by atoms with van der Waals surface area (Å²) in [6, 6.07) is 9.17. The largest absolute Gasteiger partial charge is 0.363 e. The molecule has 0 aliphatic rings. The Morgan fingerprint density at radius 3 is 2.72 bits per heavy atom. The van der Waals surface area contributed by atoms with Gasteiger partial charge in [-0.2, -0.15) is 10.2 Å². The summed E-state index contributed by atoms with van der Waals surface area (Å²) in [4.78, 5) is 15.7. The van der Waals surface area contributed by atoms with E-state index in [1.807, 2.05) is 24.3 Å². The second-order valence-corrected chi connectivity index (χ2v) is 3.72. The Hall–Kier alpha value is -2.76. The molecule has 1 amide bonds. The quantitative estimate of drug-likeness (QED) is 0.720. The van der Waals surface area contributed by atoms with Gasteiger partial charge in [0.2, 0.25) is 5.82 Å². The third-order valence-corrected chi connectivity index (χ3v) is 2.61. The van der Waals surface area contributed by atoms with Crippen LogP contribution >= 0.6 is 0 Å². The Morgan fingerprint density at radius 2 is 2.00 bits per heavy atom. The van der Waals surface area contributed by atoms with Crippen LogP contribution < -0.4 is 5.73 Å². The smallest absolute Gasteiger partial charge is 0.285 e. The van der Waals surface area contributed by atoms with Gasteiger partial charge in [-0.3, -0.25) is 9.36 Å². The second kappa shape index (κ2) is 3.92. The number of fused-ring (bicyclic) bond motifs is 1. The van der Waals surface area contributed by atoms with Crippen LogP contribution in [-0.4, -0.2) is 25.7 Å². The number of hydrogen-bond acceptors (Lipinski definition) is 4. The molecule has 0 atom stereocenters. The van der Waals surface area contributed by atoms with Crippen molar-refractivity contribution < 1.29 is 4.79 Å². The minimum Gasteiger partial charge on any atom is -0.363 e. The van der Waals surface area contributed by atoms with Gasteiger partial charge in [-0.05, 0) is 18.2 Å². The van der Waals surface area contributed by atoms with Crippen LogP contribution in [0.4, 0.5) is 0 Å². The van der Waals surface area contributed by atoms with Crippen molar-refractivity contribution in [2.45, 2.75) is 0 Å². The number of carbonyl (C=O) groups is 1. The highest BCUT2D eigenvalue weighted by atomic mass is 16.1. The van der Waals surface area contributed by atoms with Crippen LogP contribution in [-0.2, 0) is 0 Å². The van der Waals surface area contributed by atoms with E-state index < -0.39 is 5.91 Å². The van der Waals surface area contributed by atoms with Crippen LogP contribution in [0.5, 0.6) is 0 Å². The highest BCUT2D eigenvalue weighted by molar-refractivity contribution is 5.94. The van der Waals surface area contributed by atoms with Gasteiger partial charge in [-0.25, -0.2) is 4.98 Å². The van der Waals surface area contributed by atoms with Crippen molar-refractivity contribution in [3.05, 3.63) is 48.5 Å². The van der Waals surface area contributed by atoms with Gasteiger partial charge in [0, 0.05) is 0 Å². The number of nitrogens with zero attached hydrogens (tertiary/aromatic N) is 4. The molecule has 6 heteroatoms. The zero-order valence-electron chi connectivity index (χ0n) is 9.32. The number of amides is 1. The van der Waals surface area contributed by atoms with E-state index in [0.717, 1.165) is 5.52 Å². The SMILES string of the molecule is NC(=O)c1nc2ccccc2n1-c1ccnnc1. The summed E-state index contributed by atoms with van der Waals surface area (Å²) >= 11 is 0. The van der Waals surface area contributed by atoms with Crippen molar-refractivity contribution in [2.75, 3.05) is 0 Å². The van der Waals surface area contributed by atoms with Gasteiger partial charge in [-0.1, -0.05) is 12.1 Å². The lowest BCUT2D eigenvalue weighted by atomic mass is 10.3. The number of primary amides is 1. The maximum Gasteiger partial charge on any atom is 0.285 e. The lowest BCUT2D eigenvalue weighted by molar-refractivity contribution is 0.0989. The first-order valence-electron chi connectivity index (χ1n) is 5.32. The first-order chi connectivity index (χ1) is 8.77. The fourth-order valence-electron chi connectivity index (χ4n) is 1.87. The molecule has 18 heavy (non-hydrogen) atoms. The number of imidazole rings is 1. The molecule has 2 heterocycles. The molecule has 0 spiro atoms. The topological polar surface area (TPSA) is 86.7 Å². The van der Waals surface area contributed by atoms with E-state index >= 15 is 0 Å². The zero-order chi connectivity index (χ0) is 12.5. The van der Waals surface area contributed by atoms with E-state index in [4.69, 9.17) is 5.73 Å². The molecule has 0 radical (unpaired) electrons. The van der Waals surface area contributed by atoms with Gasteiger partial charge in [0.05, 0.1) is 29.1 Å². The molecule has 0 unspecified atom stereocenters. The molecule has 0 aliphatic carbocycles. The van der Waals surface area contributed by atoms with Crippen LogP contribution in [0.1, 0.15) is 10.6 Å². The van der Waals surface area contributed by atoms with Crippen LogP contribution in [0.2, 0.25) is 0 Å². The van der Waals surface area contributed by atoms with Crippen LogP contribution in [0, 0.1) is 0 Å². The minimum atomic E-state index is -0.581. The molecule has 1 aromatic carbocycles. The van der Waals surface area contributed by atoms with Crippen molar-refractivity contribution >= 4 is 16.9 Å². The fourth-order valence-corrected chi connectivity index (χ4v) is 1.87. The normalized spacial score (nSPS) is 10.7. The molecule has 3 aromatic rings. The molecule has 0 saturated carbocycles. The first kappa shape index (κ1) is 10.4. The molecule has 2 aromatic heterocycles. The summed E-state index contributed by atoms with van der Waals surface area (Å²) in [5.41, 5.74) is 7.57. The number of rotatable bonds is 2. The highest BCUT2D eigenvalue weighted by Crippen LogP contribution is 2.20. The number of carbonyl (C=O) groups excluding carboxylic acids is 1. The molecule has 88 valence electrons. The monoisotopic (exact) mass is 239 g/mol. The molecular formula is C12H9N5O. The maximum atomic E-state index is 11.5. The molecule has 2 N–H and O–H groups in total. The molecule has 0 aliphatic heterocycles. The Kier molecular flexibility index (Phi) is 2.26. The summed E-state index contributed by atoms with van der Waals surface area (Å²) in [5.74, 6) is -0.396. The first-order valence-corrected chi connectivity index (χ1v) is 5.32. The third-order valence-electron chi connectivity index (χ3n) is 2.61. The van der Waals surface area contributed by atoms with Gasteiger partial charge < -0.3 is 5.73 Å². The average Bonchev–Trinajstić information content (AvgIpc) is 2.79. The summed E-state index contributed by atoms with van der Waals surface area (Å²) < 4.78 is 1.67. The summed E-state index contributed by atoms with van der Waals surface area (Å²) in [6.07, 6.45) is 3.11. The predicted molar refractivity (Wildman–Crippen MR) is 65.2 cm³/mol.